The first-order valence-electron chi connectivity index (χ1n) is 0.695. The minimum atomic E-state index is -2.23. The van der Waals surface area contributed by atoms with E-state index in [2.05, 4.69) is 0 Å². The van der Waals surface area contributed by atoms with Crippen LogP contribution in [0.1, 0.15) is 0 Å². The van der Waals surface area contributed by atoms with Crippen molar-refractivity contribution in [1.82, 2.24) is 0 Å². The fourth-order valence-corrected chi connectivity index (χ4v) is 0. The molecular weight excluding hydrogens is 129 g/mol. The van der Waals surface area contributed by atoms with Crippen LogP contribution in [0.4, 0.5) is 8.78 Å². The zero-order chi connectivity index (χ0) is 3.58. The van der Waals surface area contributed by atoms with Crippen LogP contribution < -0.4 is 0 Å². The van der Waals surface area contributed by atoms with E-state index in [4.69, 9.17) is 0 Å². The van der Waals surface area contributed by atoms with Gasteiger partial charge in [-0.3, -0.25) is 0 Å². The zero-order valence-electron chi connectivity index (χ0n) is 1.78. The minimum absolute atomic E-state index is 1.20. The van der Waals surface area contributed by atoms with Crippen molar-refractivity contribution >= 4 is 16.0 Å². The Morgan fingerprint density at radius 1 is 1.50 bits per heavy atom. The second-order valence-electron chi connectivity index (χ2n) is 0.278. The average molecular weight is 131 g/mol. The number of halogens is 2. The quantitative estimate of drug-likeness (QED) is 0.409. The molecule has 0 heterocycles. The maximum absolute atomic E-state index is 10.3. The van der Waals surface area contributed by atoms with Gasteiger partial charge < -0.3 is 0 Å². The molecule has 0 amide bonds. The summed E-state index contributed by atoms with van der Waals surface area (Å²) in [7, 11) is 0. The molecule has 0 nitrogen and oxygen atoms in total. The van der Waals surface area contributed by atoms with Crippen LogP contribution in [0.15, 0.2) is 0 Å². The van der Waals surface area contributed by atoms with Crippen LogP contribution in [0.2, 0.25) is 0 Å². The van der Waals surface area contributed by atoms with Gasteiger partial charge >= 0.3 is 30.1 Å². The van der Waals surface area contributed by atoms with Crippen LogP contribution in [0.25, 0.3) is 0 Å². The molecule has 0 atom stereocenters. The number of hydrogen-bond acceptors (Lipinski definition) is 0. The van der Waals surface area contributed by atoms with Crippen LogP contribution in [-0.2, 0) is 0 Å². The summed E-state index contributed by atoms with van der Waals surface area (Å²) in [5, 5.41) is -2.23. The fourth-order valence-electron chi connectivity index (χ4n) is 0. The second kappa shape index (κ2) is 1.68. The molecule has 3 heteroatoms. The van der Waals surface area contributed by atoms with Gasteiger partial charge in [-0.25, -0.2) is 0 Å². The fraction of sp³-hybridized carbons (Fsp3) is 1.00. The van der Waals surface area contributed by atoms with E-state index in [0.717, 1.165) is 0 Å². The Labute approximate surface area is 31.0 Å². The van der Waals surface area contributed by atoms with Crippen LogP contribution in [0.3, 0.4) is 0 Å². The van der Waals surface area contributed by atoms with E-state index in [0.29, 0.717) is 0 Å². The topological polar surface area (TPSA) is 0 Å². The molecule has 26 valence electrons. The molecule has 0 rings (SSSR count). The Morgan fingerprint density at radius 3 is 1.50 bits per heavy atom. The first kappa shape index (κ1) is 4.38. The van der Waals surface area contributed by atoms with Crippen molar-refractivity contribution in [2.24, 2.45) is 0 Å². The van der Waals surface area contributed by atoms with Gasteiger partial charge in [-0.2, -0.15) is 0 Å². The van der Waals surface area contributed by atoms with E-state index in [-0.39, 0.29) is 0 Å². The molecular formula is CH2F2Se. The molecule has 0 aromatic carbocycles. The van der Waals surface area contributed by atoms with Gasteiger partial charge in [-0.1, -0.05) is 0 Å². The third kappa shape index (κ3) is 31.4. The van der Waals surface area contributed by atoms with Crippen LogP contribution >= 0.6 is 0 Å². The van der Waals surface area contributed by atoms with E-state index < -0.39 is 5.32 Å². The molecule has 0 aliphatic rings. The molecule has 0 radical (unpaired) electrons. The first-order valence-corrected chi connectivity index (χ1v) is 1.78. The zero-order valence-corrected chi connectivity index (χ0v) is 3.66. The van der Waals surface area contributed by atoms with Crippen molar-refractivity contribution in [2.75, 3.05) is 0 Å². The summed E-state index contributed by atoms with van der Waals surface area (Å²) in [6.07, 6.45) is 0. The molecule has 0 aromatic heterocycles. The summed E-state index contributed by atoms with van der Waals surface area (Å²) < 4.78 is 20.6. The maximum atomic E-state index is 10.3. The molecule has 0 saturated heterocycles. The molecule has 0 fully saturated rings. The van der Waals surface area contributed by atoms with E-state index in [9.17, 15) is 8.78 Å². The molecule has 0 unspecified atom stereocenters. The SMILES string of the molecule is FC(F)[SeH]. The molecule has 0 aliphatic heterocycles. The number of alkyl halides is 2. The molecule has 0 bridgehead atoms. The number of hydrogen-bond donors (Lipinski definition) is 0. The summed E-state index contributed by atoms with van der Waals surface area (Å²) >= 11 is 1.20. The third-order valence-electron chi connectivity index (χ3n) is 0. The summed E-state index contributed by atoms with van der Waals surface area (Å²) in [6.45, 7) is 0. The van der Waals surface area contributed by atoms with Gasteiger partial charge in [0, 0.05) is 0 Å². The van der Waals surface area contributed by atoms with E-state index in [1.54, 1.807) is 0 Å². The Kier molecular flexibility index (Phi) is 1.83. The Bertz CT molecular complexity index is 10.8. The standard InChI is InChI=1S/CH2F2Se/c2-1(3)4/h1,4H. The molecule has 0 aliphatic carbocycles. The molecule has 0 aromatic rings. The molecule has 0 saturated carbocycles. The van der Waals surface area contributed by atoms with Gasteiger partial charge in [-0.15, -0.1) is 0 Å². The summed E-state index contributed by atoms with van der Waals surface area (Å²) in [6, 6.07) is 0. The van der Waals surface area contributed by atoms with Crippen molar-refractivity contribution in [1.29, 1.82) is 0 Å². The third-order valence-corrected chi connectivity index (χ3v) is 0. The second-order valence-corrected chi connectivity index (χ2v) is 1.10. The molecule has 4 heavy (non-hydrogen) atoms. The van der Waals surface area contributed by atoms with Gasteiger partial charge in [-0.05, 0) is 0 Å². The summed E-state index contributed by atoms with van der Waals surface area (Å²) in [5.74, 6) is 0. The van der Waals surface area contributed by atoms with Gasteiger partial charge in [0.15, 0.2) is 0 Å². The van der Waals surface area contributed by atoms with Crippen molar-refractivity contribution in [3.05, 3.63) is 0 Å². The van der Waals surface area contributed by atoms with Crippen molar-refractivity contribution in [3.8, 4) is 0 Å². The Morgan fingerprint density at radius 2 is 1.50 bits per heavy atom. The van der Waals surface area contributed by atoms with Crippen molar-refractivity contribution in [3.63, 3.8) is 0 Å². The normalized spacial score (nSPS) is 9.00. The van der Waals surface area contributed by atoms with E-state index in [1.807, 2.05) is 0 Å². The average Bonchev–Trinajstić information content (AvgIpc) is 0.811. The molecule has 0 spiro atoms. The number of rotatable bonds is 0. The van der Waals surface area contributed by atoms with Crippen LogP contribution in [-0.4, -0.2) is 21.3 Å². The first-order chi connectivity index (χ1) is 1.73. The van der Waals surface area contributed by atoms with Gasteiger partial charge in [0.2, 0.25) is 0 Å². The Balaban J connectivity index is 2.32. The van der Waals surface area contributed by atoms with Crippen molar-refractivity contribution < 1.29 is 8.78 Å². The monoisotopic (exact) mass is 132 g/mol. The van der Waals surface area contributed by atoms with Gasteiger partial charge in [0.05, 0.1) is 0 Å². The van der Waals surface area contributed by atoms with E-state index in [1.165, 1.54) is 16.0 Å². The van der Waals surface area contributed by atoms with Crippen molar-refractivity contribution in [2.45, 2.75) is 5.32 Å². The van der Waals surface area contributed by atoms with Gasteiger partial charge in [0.1, 0.15) is 0 Å². The van der Waals surface area contributed by atoms with Gasteiger partial charge in [0.25, 0.3) is 0 Å². The summed E-state index contributed by atoms with van der Waals surface area (Å²) in [4.78, 5) is 0. The van der Waals surface area contributed by atoms with Crippen LogP contribution in [0.5, 0.6) is 0 Å². The predicted octanol–water partition coefficient (Wildman–Crippen LogP) is 0.110. The van der Waals surface area contributed by atoms with Crippen LogP contribution in [0, 0.1) is 0 Å². The Hall–Kier alpha value is 0.379. The summed E-state index contributed by atoms with van der Waals surface area (Å²) in [5.41, 5.74) is 0. The molecule has 0 N–H and O–H groups in total. The van der Waals surface area contributed by atoms with E-state index >= 15 is 0 Å². The predicted molar refractivity (Wildman–Crippen MR) is 13.2 cm³/mol.